The van der Waals surface area contributed by atoms with E-state index < -0.39 is 0 Å². The third-order valence-corrected chi connectivity index (χ3v) is 3.55. The van der Waals surface area contributed by atoms with Gasteiger partial charge in [-0.25, -0.2) is 0 Å². The Morgan fingerprint density at radius 1 is 1.19 bits per heavy atom. The molecule has 0 amide bonds. The molecule has 0 radical (unpaired) electrons. The summed E-state index contributed by atoms with van der Waals surface area (Å²) < 4.78 is 1.92. The van der Waals surface area contributed by atoms with Crippen molar-refractivity contribution in [1.82, 2.24) is 4.57 Å². The molecule has 0 atom stereocenters. The lowest BCUT2D eigenvalue weighted by Crippen LogP contribution is -2.18. The summed E-state index contributed by atoms with van der Waals surface area (Å²) in [5, 5.41) is 1.24. The zero-order valence-corrected chi connectivity index (χ0v) is 9.71. The van der Waals surface area contributed by atoms with Crippen LogP contribution in [0.4, 0.5) is 0 Å². The zero-order chi connectivity index (χ0) is 11.3. The van der Waals surface area contributed by atoms with Crippen molar-refractivity contribution < 1.29 is 4.79 Å². The van der Waals surface area contributed by atoms with Crippen molar-refractivity contribution in [3.63, 3.8) is 0 Å². The number of carbonyl (C=O) groups excluding carboxylic acids is 1. The maximum absolute atomic E-state index is 12.0. The van der Waals surface area contributed by atoms with Gasteiger partial charge in [0.1, 0.15) is 0 Å². The Morgan fingerprint density at radius 2 is 2.00 bits per heavy atom. The van der Waals surface area contributed by atoms with Gasteiger partial charge >= 0.3 is 0 Å². The minimum Gasteiger partial charge on any atom is -0.284 e. The average Bonchev–Trinajstić information content (AvgIpc) is 2.55. The van der Waals surface area contributed by atoms with Gasteiger partial charge in [-0.15, -0.1) is 0 Å². The molecule has 1 aliphatic heterocycles. The van der Waals surface area contributed by atoms with Gasteiger partial charge in [0.2, 0.25) is 5.91 Å². The number of hydrogen-bond acceptors (Lipinski definition) is 1. The summed E-state index contributed by atoms with van der Waals surface area (Å²) in [5.74, 6) is 0.253. The number of fused-ring (bicyclic) bond motifs is 3. The molecule has 0 bridgehead atoms. The fraction of sp³-hybridized carbons (Fsp3) is 0.357. The van der Waals surface area contributed by atoms with Crippen molar-refractivity contribution in [2.75, 3.05) is 0 Å². The Morgan fingerprint density at radius 3 is 2.81 bits per heavy atom. The van der Waals surface area contributed by atoms with E-state index in [1.807, 2.05) is 4.57 Å². The monoisotopic (exact) mass is 213 g/mol. The Hall–Kier alpha value is -1.57. The molecule has 2 heteroatoms. The van der Waals surface area contributed by atoms with Gasteiger partial charge in [0.15, 0.2) is 0 Å². The predicted molar refractivity (Wildman–Crippen MR) is 65.0 cm³/mol. The Kier molecular flexibility index (Phi) is 1.93. The van der Waals surface area contributed by atoms with E-state index >= 15 is 0 Å². The van der Waals surface area contributed by atoms with E-state index in [1.54, 1.807) is 0 Å². The molecule has 2 heterocycles. The fourth-order valence-electron chi connectivity index (χ4n) is 2.72. The standard InChI is InChI=1S/C14H15NO/c1-9-6-7-13-11(8-9)10(2)12-4-3-5-14(16)15(12)13/h6-8H,3-5H2,1-2H3. The van der Waals surface area contributed by atoms with E-state index in [4.69, 9.17) is 0 Å². The first-order chi connectivity index (χ1) is 7.68. The summed E-state index contributed by atoms with van der Waals surface area (Å²) in [6, 6.07) is 6.34. The SMILES string of the molecule is Cc1ccc2c(c1)c(C)c1n2C(=O)CCC1. The highest BCUT2D eigenvalue weighted by atomic mass is 16.2. The number of benzene rings is 1. The Bertz CT molecular complexity index is 592. The molecular formula is C14H15NO. The summed E-state index contributed by atoms with van der Waals surface area (Å²) in [6.45, 7) is 4.23. The number of carbonyl (C=O) groups is 1. The number of aromatic nitrogens is 1. The van der Waals surface area contributed by atoms with Crippen molar-refractivity contribution in [1.29, 1.82) is 0 Å². The van der Waals surface area contributed by atoms with Gasteiger partial charge in [-0.3, -0.25) is 9.36 Å². The maximum Gasteiger partial charge on any atom is 0.231 e. The van der Waals surface area contributed by atoms with Gasteiger partial charge in [-0.05, 0) is 44.4 Å². The molecule has 3 rings (SSSR count). The second-order valence-electron chi connectivity index (χ2n) is 4.67. The van der Waals surface area contributed by atoms with Crippen LogP contribution >= 0.6 is 0 Å². The molecule has 1 aromatic heterocycles. The van der Waals surface area contributed by atoms with Crippen LogP contribution in [0.5, 0.6) is 0 Å². The first-order valence-corrected chi connectivity index (χ1v) is 5.82. The topological polar surface area (TPSA) is 22.0 Å². The van der Waals surface area contributed by atoms with Crippen LogP contribution in [0.15, 0.2) is 18.2 Å². The smallest absolute Gasteiger partial charge is 0.231 e. The zero-order valence-electron chi connectivity index (χ0n) is 9.71. The van der Waals surface area contributed by atoms with Gasteiger partial charge in [0, 0.05) is 17.5 Å². The first-order valence-electron chi connectivity index (χ1n) is 5.82. The quantitative estimate of drug-likeness (QED) is 0.658. The van der Waals surface area contributed by atoms with Crippen LogP contribution in [0, 0.1) is 13.8 Å². The number of nitrogens with zero attached hydrogens (tertiary/aromatic N) is 1. The first kappa shape index (κ1) is 9.64. The number of aryl methyl sites for hydroxylation is 2. The van der Waals surface area contributed by atoms with Crippen LogP contribution in [0.1, 0.15) is 34.5 Å². The minimum atomic E-state index is 0.253. The van der Waals surface area contributed by atoms with E-state index in [9.17, 15) is 4.79 Å². The van der Waals surface area contributed by atoms with Crippen molar-refractivity contribution in [3.8, 4) is 0 Å². The summed E-state index contributed by atoms with van der Waals surface area (Å²) in [4.78, 5) is 12.0. The molecular weight excluding hydrogens is 198 g/mol. The molecule has 0 saturated heterocycles. The molecule has 0 fully saturated rings. The summed E-state index contributed by atoms with van der Waals surface area (Å²) in [6.07, 6.45) is 2.71. The molecule has 0 spiro atoms. The van der Waals surface area contributed by atoms with Gasteiger partial charge in [-0.2, -0.15) is 0 Å². The van der Waals surface area contributed by atoms with Crippen LogP contribution in [0.2, 0.25) is 0 Å². The van der Waals surface area contributed by atoms with Crippen LogP contribution in [-0.4, -0.2) is 10.5 Å². The molecule has 2 aromatic rings. The van der Waals surface area contributed by atoms with E-state index in [-0.39, 0.29) is 5.91 Å². The van der Waals surface area contributed by atoms with Gasteiger partial charge in [0.25, 0.3) is 0 Å². The third-order valence-electron chi connectivity index (χ3n) is 3.55. The molecule has 0 aliphatic carbocycles. The van der Waals surface area contributed by atoms with Crippen molar-refractivity contribution in [3.05, 3.63) is 35.0 Å². The summed E-state index contributed by atoms with van der Waals surface area (Å²) in [5.41, 5.74) is 4.84. The lowest BCUT2D eigenvalue weighted by Gasteiger charge is -2.14. The Balaban J connectivity index is 2.44. The second kappa shape index (κ2) is 3.21. The van der Waals surface area contributed by atoms with Crippen LogP contribution in [0.3, 0.4) is 0 Å². The normalized spacial score (nSPS) is 15.5. The molecule has 16 heavy (non-hydrogen) atoms. The second-order valence-corrected chi connectivity index (χ2v) is 4.67. The summed E-state index contributed by atoms with van der Waals surface area (Å²) >= 11 is 0. The highest BCUT2D eigenvalue weighted by Crippen LogP contribution is 2.30. The summed E-state index contributed by atoms with van der Waals surface area (Å²) in [7, 11) is 0. The largest absolute Gasteiger partial charge is 0.284 e. The van der Waals surface area contributed by atoms with Gasteiger partial charge in [0.05, 0.1) is 5.52 Å². The van der Waals surface area contributed by atoms with Crippen molar-refractivity contribution in [2.24, 2.45) is 0 Å². The molecule has 0 saturated carbocycles. The highest BCUT2D eigenvalue weighted by Gasteiger charge is 2.22. The van der Waals surface area contributed by atoms with Crippen LogP contribution in [0.25, 0.3) is 10.9 Å². The minimum absolute atomic E-state index is 0.253. The molecule has 1 aliphatic rings. The van der Waals surface area contributed by atoms with Crippen LogP contribution < -0.4 is 0 Å². The van der Waals surface area contributed by atoms with Gasteiger partial charge < -0.3 is 0 Å². The van der Waals surface area contributed by atoms with Crippen molar-refractivity contribution >= 4 is 16.8 Å². The predicted octanol–water partition coefficient (Wildman–Crippen LogP) is 3.23. The van der Waals surface area contributed by atoms with Crippen molar-refractivity contribution in [2.45, 2.75) is 33.1 Å². The molecule has 82 valence electrons. The van der Waals surface area contributed by atoms with E-state index in [0.29, 0.717) is 6.42 Å². The maximum atomic E-state index is 12.0. The molecule has 1 aromatic carbocycles. The highest BCUT2D eigenvalue weighted by molar-refractivity contribution is 5.96. The lowest BCUT2D eigenvalue weighted by atomic mass is 10.1. The van der Waals surface area contributed by atoms with Gasteiger partial charge in [-0.1, -0.05) is 11.6 Å². The average molecular weight is 213 g/mol. The van der Waals surface area contributed by atoms with Crippen LogP contribution in [-0.2, 0) is 6.42 Å². The fourth-order valence-corrected chi connectivity index (χ4v) is 2.72. The number of hydrogen-bond donors (Lipinski definition) is 0. The lowest BCUT2D eigenvalue weighted by molar-refractivity contribution is 0.0889. The molecule has 0 N–H and O–H groups in total. The van der Waals surface area contributed by atoms with E-state index in [1.165, 1.54) is 22.2 Å². The number of rotatable bonds is 0. The molecule has 0 unspecified atom stereocenters. The molecule has 2 nitrogen and oxygen atoms in total. The van der Waals surface area contributed by atoms with E-state index in [2.05, 4.69) is 32.0 Å². The third kappa shape index (κ3) is 1.16. The van der Waals surface area contributed by atoms with E-state index in [0.717, 1.165) is 18.4 Å². The Labute approximate surface area is 94.9 Å².